The van der Waals surface area contributed by atoms with Gasteiger partial charge in [-0.2, -0.15) is 0 Å². The highest BCUT2D eigenvalue weighted by Gasteiger charge is 2.08. The quantitative estimate of drug-likeness (QED) is 0.769. The normalized spacial score (nSPS) is 10.8. The van der Waals surface area contributed by atoms with Crippen LogP contribution in [0.4, 0.5) is 0 Å². The van der Waals surface area contributed by atoms with Crippen molar-refractivity contribution >= 4 is 16.8 Å². The van der Waals surface area contributed by atoms with Crippen molar-refractivity contribution in [3.8, 4) is 0 Å². The van der Waals surface area contributed by atoms with E-state index in [0.29, 0.717) is 13.0 Å². The maximum atomic E-state index is 12.1. The fraction of sp³-hybridized carbons (Fsp3) is 0.176. The number of fused-ring (bicyclic) bond motifs is 1. The van der Waals surface area contributed by atoms with Crippen LogP contribution in [0.2, 0.25) is 0 Å². The molecule has 2 aromatic heterocycles. The zero-order valence-electron chi connectivity index (χ0n) is 12.3. The Morgan fingerprint density at radius 1 is 1.23 bits per heavy atom. The van der Waals surface area contributed by atoms with Crippen LogP contribution in [0.25, 0.3) is 10.9 Å². The van der Waals surface area contributed by atoms with E-state index < -0.39 is 0 Å². The van der Waals surface area contributed by atoms with E-state index in [9.17, 15) is 9.59 Å². The molecule has 5 heteroatoms. The summed E-state index contributed by atoms with van der Waals surface area (Å²) in [6, 6.07) is 11.1. The number of pyridine rings is 1. The molecule has 0 spiro atoms. The monoisotopic (exact) mass is 295 g/mol. The maximum Gasteiger partial charge on any atom is 0.250 e. The van der Waals surface area contributed by atoms with E-state index in [-0.39, 0.29) is 11.5 Å². The average molecular weight is 295 g/mol. The number of nitrogens with one attached hydrogen (secondary N) is 2. The molecule has 3 rings (SSSR count). The number of carbonyl (C=O) groups is 1. The van der Waals surface area contributed by atoms with E-state index in [0.717, 1.165) is 22.0 Å². The number of para-hydroxylation sites is 1. The summed E-state index contributed by atoms with van der Waals surface area (Å²) >= 11 is 0. The van der Waals surface area contributed by atoms with Gasteiger partial charge in [0.25, 0.3) is 0 Å². The Kier molecular flexibility index (Phi) is 3.78. The molecule has 5 nitrogen and oxygen atoms in total. The predicted molar refractivity (Wildman–Crippen MR) is 85.5 cm³/mol. The summed E-state index contributed by atoms with van der Waals surface area (Å²) in [5, 5.41) is 3.95. The van der Waals surface area contributed by atoms with E-state index in [1.807, 2.05) is 30.5 Å². The number of hydrogen-bond acceptors (Lipinski definition) is 2. The second-order valence-electron chi connectivity index (χ2n) is 5.30. The van der Waals surface area contributed by atoms with Gasteiger partial charge in [0, 0.05) is 43.0 Å². The molecule has 0 saturated heterocycles. The first-order chi connectivity index (χ1) is 10.6. The second-order valence-corrected chi connectivity index (χ2v) is 5.30. The highest BCUT2D eigenvalue weighted by Crippen LogP contribution is 2.17. The molecule has 2 N–H and O–H groups in total. The van der Waals surface area contributed by atoms with Crippen molar-refractivity contribution in [2.75, 3.05) is 0 Å². The molecule has 0 bridgehead atoms. The topological polar surface area (TPSA) is 66.9 Å². The molecule has 0 unspecified atom stereocenters. The van der Waals surface area contributed by atoms with Crippen molar-refractivity contribution in [2.24, 2.45) is 7.05 Å². The van der Waals surface area contributed by atoms with Crippen molar-refractivity contribution in [2.45, 2.75) is 13.0 Å². The molecule has 0 aliphatic carbocycles. The van der Waals surface area contributed by atoms with Crippen LogP contribution in [0.3, 0.4) is 0 Å². The lowest BCUT2D eigenvalue weighted by Crippen LogP contribution is -2.25. The van der Waals surface area contributed by atoms with Crippen LogP contribution in [-0.2, 0) is 24.8 Å². The minimum absolute atomic E-state index is 0.0430. The Morgan fingerprint density at radius 3 is 2.86 bits per heavy atom. The SMILES string of the molecule is Cn1cc(CNC(=O)Cc2c[nH]c3ccccc23)ccc1=O. The number of H-pyrrole nitrogens is 1. The van der Waals surface area contributed by atoms with Gasteiger partial charge >= 0.3 is 0 Å². The predicted octanol–water partition coefficient (Wildman–Crippen LogP) is 1.73. The van der Waals surface area contributed by atoms with Gasteiger partial charge in [-0.3, -0.25) is 9.59 Å². The van der Waals surface area contributed by atoms with Gasteiger partial charge in [0.15, 0.2) is 0 Å². The minimum atomic E-state index is -0.0612. The molecular weight excluding hydrogens is 278 g/mol. The first kappa shape index (κ1) is 14.1. The number of benzene rings is 1. The van der Waals surface area contributed by atoms with Crippen molar-refractivity contribution in [3.05, 3.63) is 70.3 Å². The molecule has 0 fully saturated rings. The van der Waals surface area contributed by atoms with Crippen LogP contribution < -0.4 is 10.9 Å². The van der Waals surface area contributed by atoms with Gasteiger partial charge in [0.1, 0.15) is 0 Å². The lowest BCUT2D eigenvalue weighted by molar-refractivity contribution is -0.120. The summed E-state index contributed by atoms with van der Waals surface area (Å²) in [7, 11) is 1.69. The number of rotatable bonds is 4. The molecule has 3 aromatic rings. The molecule has 112 valence electrons. The maximum absolute atomic E-state index is 12.1. The average Bonchev–Trinajstić information content (AvgIpc) is 2.92. The number of aromatic nitrogens is 2. The third-order valence-electron chi connectivity index (χ3n) is 3.66. The molecule has 0 radical (unpaired) electrons. The van der Waals surface area contributed by atoms with E-state index in [2.05, 4.69) is 10.3 Å². The zero-order valence-corrected chi connectivity index (χ0v) is 12.3. The Bertz CT molecular complexity index is 877. The molecule has 2 heterocycles. The molecule has 1 aromatic carbocycles. The number of aryl methyl sites for hydroxylation is 1. The number of nitrogens with zero attached hydrogens (tertiary/aromatic N) is 1. The fourth-order valence-corrected chi connectivity index (χ4v) is 2.47. The van der Waals surface area contributed by atoms with Crippen LogP contribution in [0.15, 0.2) is 53.6 Å². The summed E-state index contributed by atoms with van der Waals surface area (Å²) in [5.74, 6) is -0.0430. The van der Waals surface area contributed by atoms with Gasteiger partial charge in [0.05, 0.1) is 6.42 Å². The molecule has 1 amide bonds. The lowest BCUT2D eigenvalue weighted by atomic mass is 10.1. The zero-order chi connectivity index (χ0) is 15.5. The summed E-state index contributed by atoms with van der Waals surface area (Å²) in [4.78, 5) is 26.6. The van der Waals surface area contributed by atoms with Gasteiger partial charge in [-0.25, -0.2) is 0 Å². The number of carbonyl (C=O) groups excluding carboxylic acids is 1. The second kappa shape index (κ2) is 5.89. The van der Waals surface area contributed by atoms with Crippen LogP contribution in [0.1, 0.15) is 11.1 Å². The summed E-state index contributed by atoms with van der Waals surface area (Å²) < 4.78 is 1.50. The fourth-order valence-electron chi connectivity index (χ4n) is 2.47. The molecule has 0 saturated carbocycles. The summed E-state index contributed by atoms with van der Waals surface area (Å²) in [5.41, 5.74) is 2.85. The molecule has 0 atom stereocenters. The van der Waals surface area contributed by atoms with Crippen LogP contribution >= 0.6 is 0 Å². The molecular formula is C17H17N3O2. The first-order valence-electron chi connectivity index (χ1n) is 7.11. The van der Waals surface area contributed by atoms with Gasteiger partial charge in [-0.1, -0.05) is 24.3 Å². The van der Waals surface area contributed by atoms with Crippen molar-refractivity contribution < 1.29 is 4.79 Å². The summed E-state index contributed by atoms with van der Waals surface area (Å²) in [6.07, 6.45) is 3.93. The number of amides is 1. The highest BCUT2D eigenvalue weighted by atomic mass is 16.1. The van der Waals surface area contributed by atoms with E-state index in [1.54, 1.807) is 19.3 Å². The third kappa shape index (κ3) is 2.93. The molecule has 0 aliphatic heterocycles. The minimum Gasteiger partial charge on any atom is -0.361 e. The van der Waals surface area contributed by atoms with Crippen molar-refractivity contribution in [1.82, 2.24) is 14.9 Å². The number of hydrogen-bond donors (Lipinski definition) is 2. The largest absolute Gasteiger partial charge is 0.361 e. The first-order valence-corrected chi connectivity index (χ1v) is 7.11. The number of aromatic amines is 1. The Hall–Kier alpha value is -2.82. The van der Waals surface area contributed by atoms with E-state index >= 15 is 0 Å². The smallest absolute Gasteiger partial charge is 0.250 e. The van der Waals surface area contributed by atoms with Crippen LogP contribution in [-0.4, -0.2) is 15.5 Å². The van der Waals surface area contributed by atoms with Crippen molar-refractivity contribution in [3.63, 3.8) is 0 Å². The molecule has 22 heavy (non-hydrogen) atoms. The van der Waals surface area contributed by atoms with E-state index in [4.69, 9.17) is 0 Å². The Labute approximate surface area is 127 Å². The lowest BCUT2D eigenvalue weighted by Gasteiger charge is -2.06. The third-order valence-corrected chi connectivity index (χ3v) is 3.66. The van der Waals surface area contributed by atoms with Gasteiger partial charge < -0.3 is 14.9 Å². The van der Waals surface area contributed by atoms with Crippen molar-refractivity contribution in [1.29, 1.82) is 0 Å². The standard InChI is InChI=1S/C17H17N3O2/c1-20-11-12(6-7-17(20)22)9-19-16(21)8-13-10-18-15-5-3-2-4-14(13)15/h2-7,10-11,18H,8-9H2,1H3,(H,19,21). The van der Waals surface area contributed by atoms with Gasteiger partial charge in [0.2, 0.25) is 11.5 Å². The Balaban J connectivity index is 1.65. The van der Waals surface area contributed by atoms with Crippen LogP contribution in [0, 0.1) is 0 Å². The van der Waals surface area contributed by atoms with Crippen LogP contribution in [0.5, 0.6) is 0 Å². The van der Waals surface area contributed by atoms with Gasteiger partial charge in [-0.15, -0.1) is 0 Å². The Morgan fingerprint density at radius 2 is 2.05 bits per heavy atom. The molecule has 0 aliphatic rings. The van der Waals surface area contributed by atoms with E-state index in [1.165, 1.54) is 10.6 Å². The van der Waals surface area contributed by atoms with Gasteiger partial charge in [-0.05, 0) is 17.2 Å². The highest BCUT2D eigenvalue weighted by molar-refractivity contribution is 5.88. The summed E-state index contributed by atoms with van der Waals surface area (Å²) in [6.45, 7) is 0.412.